The number of halogens is 1. The minimum atomic E-state index is -0.557. The molecule has 0 unspecified atom stereocenters. The number of benzene rings is 2. The second-order valence-electron chi connectivity index (χ2n) is 5.27. The summed E-state index contributed by atoms with van der Waals surface area (Å²) in [6.45, 7) is 0. The molecule has 0 aliphatic rings. The number of amides is 1. The molecular weight excluding hydrogens is 343 g/mol. The summed E-state index contributed by atoms with van der Waals surface area (Å²) in [5.74, 6) is -0.506. The van der Waals surface area contributed by atoms with Crippen LogP contribution in [0.15, 0.2) is 59.0 Å². The first-order valence-corrected chi connectivity index (χ1v) is 7.47. The number of hydrogen-bond acceptors (Lipinski definition) is 5. The molecule has 1 amide bonds. The zero-order valence-corrected chi connectivity index (χ0v) is 13.6. The topological polar surface area (TPSA) is 94.6 Å². The standard InChI is InChI=1S/C18H13FN2O5/c1-25-13-6-7-14(15(10-13)21(23)24)16-8-9-17(26-16)18(22)20-12-4-2-11(19)3-5-12/h2-10H,1H3,(H,20,22). The molecule has 0 radical (unpaired) electrons. The van der Waals surface area contributed by atoms with Crippen molar-refractivity contribution in [1.29, 1.82) is 0 Å². The maximum absolute atomic E-state index is 12.9. The predicted octanol–water partition coefficient (Wildman–Crippen LogP) is 4.25. The van der Waals surface area contributed by atoms with E-state index in [0.29, 0.717) is 11.4 Å². The third-order valence-corrected chi connectivity index (χ3v) is 3.60. The summed E-state index contributed by atoms with van der Waals surface area (Å²) >= 11 is 0. The van der Waals surface area contributed by atoms with E-state index in [-0.39, 0.29) is 22.8 Å². The van der Waals surface area contributed by atoms with Crippen LogP contribution < -0.4 is 10.1 Å². The fourth-order valence-corrected chi connectivity index (χ4v) is 2.33. The van der Waals surface area contributed by atoms with Crippen LogP contribution in [0, 0.1) is 15.9 Å². The highest BCUT2D eigenvalue weighted by Crippen LogP contribution is 2.34. The van der Waals surface area contributed by atoms with Gasteiger partial charge in [-0.05, 0) is 48.5 Å². The minimum Gasteiger partial charge on any atom is -0.497 e. The summed E-state index contributed by atoms with van der Waals surface area (Å²) in [4.78, 5) is 22.9. The number of methoxy groups -OCH3 is 1. The maximum Gasteiger partial charge on any atom is 0.291 e. The van der Waals surface area contributed by atoms with Gasteiger partial charge in [-0.3, -0.25) is 14.9 Å². The third kappa shape index (κ3) is 3.54. The Morgan fingerprint density at radius 2 is 1.88 bits per heavy atom. The van der Waals surface area contributed by atoms with Crippen molar-refractivity contribution in [2.24, 2.45) is 0 Å². The molecule has 2 aromatic carbocycles. The molecule has 132 valence electrons. The van der Waals surface area contributed by atoms with Gasteiger partial charge in [0.05, 0.1) is 23.7 Å². The second-order valence-corrected chi connectivity index (χ2v) is 5.27. The molecule has 7 nitrogen and oxygen atoms in total. The van der Waals surface area contributed by atoms with Gasteiger partial charge >= 0.3 is 0 Å². The largest absolute Gasteiger partial charge is 0.497 e. The summed E-state index contributed by atoms with van der Waals surface area (Å²) in [5, 5.41) is 13.8. The van der Waals surface area contributed by atoms with Gasteiger partial charge in [-0.2, -0.15) is 0 Å². The second kappa shape index (κ2) is 7.06. The lowest BCUT2D eigenvalue weighted by Crippen LogP contribution is -2.10. The van der Waals surface area contributed by atoms with Crippen LogP contribution in [-0.2, 0) is 0 Å². The lowest BCUT2D eigenvalue weighted by atomic mass is 10.1. The van der Waals surface area contributed by atoms with E-state index >= 15 is 0 Å². The molecule has 0 bridgehead atoms. The fourth-order valence-electron chi connectivity index (χ4n) is 2.33. The minimum absolute atomic E-state index is 0.0329. The van der Waals surface area contributed by atoms with Crippen LogP contribution in [0.5, 0.6) is 5.75 Å². The fraction of sp³-hybridized carbons (Fsp3) is 0.0556. The molecule has 0 spiro atoms. The Balaban J connectivity index is 1.86. The molecule has 26 heavy (non-hydrogen) atoms. The third-order valence-electron chi connectivity index (χ3n) is 3.60. The van der Waals surface area contributed by atoms with Gasteiger partial charge in [0.1, 0.15) is 17.3 Å². The van der Waals surface area contributed by atoms with Crippen molar-refractivity contribution in [3.63, 3.8) is 0 Å². The molecule has 1 aromatic heterocycles. The van der Waals surface area contributed by atoms with Crippen LogP contribution in [-0.4, -0.2) is 17.9 Å². The lowest BCUT2D eigenvalue weighted by Gasteiger charge is -2.04. The average molecular weight is 356 g/mol. The number of nitro groups is 1. The van der Waals surface area contributed by atoms with Gasteiger partial charge in [-0.15, -0.1) is 0 Å². The van der Waals surface area contributed by atoms with E-state index in [2.05, 4.69) is 5.32 Å². The molecule has 3 rings (SSSR count). The van der Waals surface area contributed by atoms with Gasteiger partial charge < -0.3 is 14.5 Å². The first-order valence-electron chi connectivity index (χ1n) is 7.47. The highest BCUT2D eigenvalue weighted by molar-refractivity contribution is 6.02. The van der Waals surface area contributed by atoms with Crippen molar-refractivity contribution >= 4 is 17.3 Å². The van der Waals surface area contributed by atoms with E-state index in [0.717, 1.165) is 0 Å². The summed E-state index contributed by atoms with van der Waals surface area (Å²) in [6, 6.07) is 12.4. The monoisotopic (exact) mass is 356 g/mol. The molecule has 0 saturated carbocycles. The van der Waals surface area contributed by atoms with Crippen molar-refractivity contribution in [2.45, 2.75) is 0 Å². The zero-order valence-electron chi connectivity index (χ0n) is 13.6. The van der Waals surface area contributed by atoms with Crippen molar-refractivity contribution < 1.29 is 23.3 Å². The average Bonchev–Trinajstić information content (AvgIpc) is 3.13. The lowest BCUT2D eigenvalue weighted by molar-refractivity contribution is -0.384. The summed E-state index contributed by atoms with van der Waals surface area (Å²) in [7, 11) is 1.41. The zero-order chi connectivity index (χ0) is 18.7. The number of carbonyl (C=O) groups is 1. The maximum atomic E-state index is 12.9. The summed E-state index contributed by atoms with van der Waals surface area (Å²) < 4.78 is 23.3. The molecule has 0 aliphatic carbocycles. The number of nitrogens with zero attached hydrogens (tertiary/aromatic N) is 1. The Morgan fingerprint density at radius 1 is 1.15 bits per heavy atom. The number of carbonyl (C=O) groups excluding carboxylic acids is 1. The quantitative estimate of drug-likeness (QED) is 0.544. The molecule has 1 heterocycles. The number of ether oxygens (including phenoxy) is 1. The number of nitro benzene ring substituents is 1. The molecule has 8 heteroatoms. The predicted molar refractivity (Wildman–Crippen MR) is 91.7 cm³/mol. The SMILES string of the molecule is COc1ccc(-c2ccc(C(=O)Nc3ccc(F)cc3)o2)c([N+](=O)[O-])c1. The normalized spacial score (nSPS) is 10.4. The van der Waals surface area contributed by atoms with E-state index in [1.54, 1.807) is 6.07 Å². The van der Waals surface area contributed by atoms with Crippen LogP contribution in [0.1, 0.15) is 10.6 Å². The smallest absolute Gasteiger partial charge is 0.291 e. The van der Waals surface area contributed by atoms with E-state index < -0.39 is 16.6 Å². The number of hydrogen-bond donors (Lipinski definition) is 1. The van der Waals surface area contributed by atoms with E-state index in [9.17, 15) is 19.3 Å². The van der Waals surface area contributed by atoms with Crippen LogP contribution in [0.4, 0.5) is 15.8 Å². The number of anilines is 1. The highest BCUT2D eigenvalue weighted by atomic mass is 19.1. The Morgan fingerprint density at radius 3 is 2.54 bits per heavy atom. The summed E-state index contributed by atoms with van der Waals surface area (Å²) in [6.07, 6.45) is 0. The number of rotatable bonds is 5. The van der Waals surface area contributed by atoms with Crippen molar-refractivity contribution in [2.75, 3.05) is 12.4 Å². The molecule has 0 fully saturated rings. The number of furan rings is 1. The van der Waals surface area contributed by atoms with Crippen molar-refractivity contribution in [1.82, 2.24) is 0 Å². The molecule has 0 saturated heterocycles. The first-order chi connectivity index (χ1) is 12.5. The Hall–Kier alpha value is -3.68. The molecule has 0 atom stereocenters. The van der Waals surface area contributed by atoms with Crippen LogP contribution in [0.2, 0.25) is 0 Å². The molecule has 0 aliphatic heterocycles. The van der Waals surface area contributed by atoms with Gasteiger partial charge in [-0.25, -0.2) is 4.39 Å². The highest BCUT2D eigenvalue weighted by Gasteiger charge is 2.21. The van der Waals surface area contributed by atoms with Gasteiger partial charge in [0.15, 0.2) is 5.76 Å². The Labute approximate surface area is 147 Å². The Bertz CT molecular complexity index is 966. The van der Waals surface area contributed by atoms with E-state index in [1.165, 1.54) is 55.6 Å². The van der Waals surface area contributed by atoms with Gasteiger partial charge in [-0.1, -0.05) is 0 Å². The van der Waals surface area contributed by atoms with Gasteiger partial charge in [0.25, 0.3) is 11.6 Å². The number of nitrogens with one attached hydrogen (secondary N) is 1. The Kier molecular flexibility index (Phi) is 4.66. The van der Waals surface area contributed by atoms with E-state index in [4.69, 9.17) is 9.15 Å². The van der Waals surface area contributed by atoms with Crippen molar-refractivity contribution in [3.8, 4) is 17.1 Å². The van der Waals surface area contributed by atoms with Gasteiger partial charge in [0, 0.05) is 5.69 Å². The summed E-state index contributed by atoms with van der Waals surface area (Å²) in [5.41, 5.74) is 0.408. The molecule has 1 N–H and O–H groups in total. The first kappa shape index (κ1) is 17.2. The van der Waals surface area contributed by atoms with Gasteiger partial charge in [0.2, 0.25) is 0 Å². The molecule has 3 aromatic rings. The van der Waals surface area contributed by atoms with Crippen LogP contribution in [0.25, 0.3) is 11.3 Å². The van der Waals surface area contributed by atoms with Crippen LogP contribution in [0.3, 0.4) is 0 Å². The van der Waals surface area contributed by atoms with E-state index in [1.807, 2.05) is 0 Å². The molecular formula is C18H13FN2O5. The van der Waals surface area contributed by atoms with Crippen LogP contribution >= 0.6 is 0 Å². The van der Waals surface area contributed by atoms with Crippen molar-refractivity contribution in [3.05, 3.63) is 76.3 Å².